The summed E-state index contributed by atoms with van der Waals surface area (Å²) in [6, 6.07) is 29.9. The quantitative estimate of drug-likeness (QED) is 0.415. The number of fused-ring (bicyclic) bond motifs is 1. The fourth-order valence-corrected chi connectivity index (χ4v) is 6.69. The summed E-state index contributed by atoms with van der Waals surface area (Å²) in [6.45, 7) is 2.06. The van der Waals surface area contributed by atoms with E-state index in [-0.39, 0.29) is 11.8 Å². The van der Waals surface area contributed by atoms with Crippen LogP contribution < -0.4 is 0 Å². The largest absolute Gasteiger partial charge is 0.294 e. The minimum atomic E-state index is -0.238. The molecule has 0 fully saturated rings. The summed E-state index contributed by atoms with van der Waals surface area (Å²) in [4.78, 5) is 19.3. The second-order valence-electron chi connectivity index (χ2n) is 10.2. The molecule has 6 rings (SSSR count). The minimum absolute atomic E-state index is 0.0136. The Kier molecular flexibility index (Phi) is 5.53. The van der Waals surface area contributed by atoms with E-state index in [1.54, 1.807) is 0 Å². The highest BCUT2D eigenvalue weighted by Crippen LogP contribution is 2.48. The molecule has 0 radical (unpaired) electrons. The lowest BCUT2D eigenvalue weighted by Gasteiger charge is -2.36. The van der Waals surface area contributed by atoms with Gasteiger partial charge in [-0.1, -0.05) is 84.9 Å². The first-order valence-electron chi connectivity index (χ1n) is 12.7. The maximum atomic E-state index is 14.2. The number of aliphatic imine (C=N–C) groups is 1. The van der Waals surface area contributed by atoms with Gasteiger partial charge < -0.3 is 0 Å². The predicted molar refractivity (Wildman–Crippen MR) is 138 cm³/mol. The average Bonchev–Trinajstić information content (AvgIpc) is 3.32. The first-order chi connectivity index (χ1) is 16.7. The van der Waals surface area contributed by atoms with Gasteiger partial charge in [0.15, 0.2) is 5.78 Å². The van der Waals surface area contributed by atoms with E-state index >= 15 is 0 Å². The molecule has 1 heterocycles. The van der Waals surface area contributed by atoms with Gasteiger partial charge in [0.25, 0.3) is 0 Å². The monoisotopic (exact) mass is 445 g/mol. The van der Waals surface area contributed by atoms with E-state index < -0.39 is 0 Å². The molecule has 34 heavy (non-hydrogen) atoms. The molecule has 3 atom stereocenters. The molecule has 2 aliphatic carbocycles. The summed E-state index contributed by atoms with van der Waals surface area (Å²) >= 11 is 0. The van der Waals surface area contributed by atoms with Crippen LogP contribution in [-0.2, 0) is 11.2 Å². The Balaban J connectivity index is 1.35. The van der Waals surface area contributed by atoms with Gasteiger partial charge >= 0.3 is 0 Å². The Hall–Kier alpha value is -3.26. The normalized spacial score (nSPS) is 24.1. The first-order valence-corrected chi connectivity index (χ1v) is 12.7. The highest BCUT2D eigenvalue weighted by atomic mass is 16.1. The number of carbonyl (C=O) groups is 1. The highest BCUT2D eigenvalue weighted by molar-refractivity contribution is 6.15. The molecule has 0 saturated carbocycles. The summed E-state index contributed by atoms with van der Waals surface area (Å²) in [6.07, 6.45) is 5.31. The standard InChI is InChI=1S/C32H31NO/c1-21-30(31(23-11-4-2-5-12-23)24-13-6-3-7-14-24)32(34)28-20-25(17-19-29(28)33-21)27-18-16-22-10-8-9-15-26(22)27/h2-15,25,27,30-31H,16-20H2,1H3. The van der Waals surface area contributed by atoms with Crippen molar-refractivity contribution in [3.8, 4) is 0 Å². The van der Waals surface area contributed by atoms with Gasteiger partial charge in [-0.25, -0.2) is 0 Å². The maximum Gasteiger partial charge on any atom is 0.170 e. The lowest BCUT2D eigenvalue weighted by Crippen LogP contribution is -2.36. The van der Waals surface area contributed by atoms with E-state index in [1.807, 2.05) is 12.1 Å². The molecule has 2 nitrogen and oxygen atoms in total. The number of rotatable bonds is 4. The molecule has 3 aromatic carbocycles. The number of Topliss-reactive ketones (excluding diaryl/α,β-unsaturated/α-hetero) is 1. The third-order valence-electron chi connectivity index (χ3n) is 8.31. The van der Waals surface area contributed by atoms with E-state index in [0.29, 0.717) is 17.6 Å². The van der Waals surface area contributed by atoms with Crippen molar-refractivity contribution in [2.45, 2.75) is 50.9 Å². The smallest absolute Gasteiger partial charge is 0.170 e. The lowest BCUT2D eigenvalue weighted by atomic mass is 9.69. The summed E-state index contributed by atoms with van der Waals surface area (Å²) in [5.41, 5.74) is 8.41. The van der Waals surface area contributed by atoms with Crippen molar-refractivity contribution in [2.24, 2.45) is 16.8 Å². The highest BCUT2D eigenvalue weighted by Gasteiger charge is 2.42. The van der Waals surface area contributed by atoms with Crippen LogP contribution in [0.3, 0.4) is 0 Å². The number of allylic oxidation sites excluding steroid dienone is 2. The zero-order valence-electron chi connectivity index (χ0n) is 19.8. The SMILES string of the molecule is CC1=NC2=C(CC(C3CCc4ccccc43)CC2)C(=O)C1C(c1ccccc1)c1ccccc1. The molecule has 1 aliphatic heterocycles. The Morgan fingerprint density at radius 1 is 0.794 bits per heavy atom. The first kappa shape index (κ1) is 21.3. The van der Waals surface area contributed by atoms with Gasteiger partial charge in [-0.2, -0.15) is 0 Å². The van der Waals surface area contributed by atoms with Crippen molar-refractivity contribution in [1.82, 2.24) is 0 Å². The van der Waals surface area contributed by atoms with Gasteiger partial charge in [0.2, 0.25) is 0 Å². The maximum absolute atomic E-state index is 14.2. The number of nitrogens with zero attached hydrogens (tertiary/aromatic N) is 1. The molecular weight excluding hydrogens is 414 g/mol. The van der Waals surface area contributed by atoms with Crippen LogP contribution in [0.25, 0.3) is 0 Å². The van der Waals surface area contributed by atoms with Crippen LogP contribution in [-0.4, -0.2) is 11.5 Å². The number of ketones is 1. The predicted octanol–water partition coefficient (Wildman–Crippen LogP) is 7.26. The van der Waals surface area contributed by atoms with Gasteiger partial charge in [-0.3, -0.25) is 9.79 Å². The third-order valence-corrected chi connectivity index (χ3v) is 8.31. The Morgan fingerprint density at radius 3 is 2.15 bits per heavy atom. The number of benzene rings is 3. The molecule has 0 bridgehead atoms. The molecule has 0 amide bonds. The van der Waals surface area contributed by atoms with Crippen molar-refractivity contribution in [3.63, 3.8) is 0 Å². The van der Waals surface area contributed by atoms with Crippen LogP contribution in [0, 0.1) is 11.8 Å². The molecule has 3 unspecified atom stereocenters. The van der Waals surface area contributed by atoms with Crippen LogP contribution in [0.5, 0.6) is 0 Å². The third kappa shape index (κ3) is 3.66. The van der Waals surface area contributed by atoms with Gasteiger partial charge in [0.1, 0.15) is 0 Å². The molecule has 0 aromatic heterocycles. The molecule has 0 N–H and O–H groups in total. The van der Waals surface area contributed by atoms with Crippen LogP contribution in [0.1, 0.15) is 66.7 Å². The molecule has 0 spiro atoms. The number of hydrogen-bond acceptors (Lipinski definition) is 2. The van der Waals surface area contributed by atoms with Gasteiger partial charge in [0.05, 0.1) is 5.92 Å². The minimum Gasteiger partial charge on any atom is -0.294 e. The summed E-state index contributed by atoms with van der Waals surface area (Å²) in [7, 11) is 0. The zero-order valence-corrected chi connectivity index (χ0v) is 19.8. The van der Waals surface area contributed by atoms with E-state index in [9.17, 15) is 4.79 Å². The van der Waals surface area contributed by atoms with Crippen molar-refractivity contribution in [3.05, 3.63) is 118 Å². The second kappa shape index (κ2) is 8.83. The Morgan fingerprint density at radius 2 is 1.44 bits per heavy atom. The van der Waals surface area contributed by atoms with Crippen molar-refractivity contribution in [1.29, 1.82) is 0 Å². The van der Waals surface area contributed by atoms with E-state index in [2.05, 4.69) is 79.7 Å². The van der Waals surface area contributed by atoms with Crippen molar-refractivity contribution >= 4 is 11.5 Å². The van der Waals surface area contributed by atoms with Crippen LogP contribution >= 0.6 is 0 Å². The second-order valence-corrected chi connectivity index (χ2v) is 10.2. The summed E-state index contributed by atoms with van der Waals surface area (Å²) in [5.74, 6) is 1.16. The summed E-state index contributed by atoms with van der Waals surface area (Å²) < 4.78 is 0. The number of hydrogen-bond donors (Lipinski definition) is 0. The fourth-order valence-electron chi connectivity index (χ4n) is 6.69. The molecule has 2 heteroatoms. The van der Waals surface area contributed by atoms with Crippen LogP contribution in [0.4, 0.5) is 0 Å². The average molecular weight is 446 g/mol. The topological polar surface area (TPSA) is 29.4 Å². The lowest BCUT2D eigenvalue weighted by molar-refractivity contribution is -0.118. The van der Waals surface area contributed by atoms with E-state index in [0.717, 1.165) is 36.2 Å². The van der Waals surface area contributed by atoms with Gasteiger partial charge in [-0.05, 0) is 73.1 Å². The van der Waals surface area contributed by atoms with Crippen molar-refractivity contribution < 1.29 is 4.79 Å². The number of carbonyl (C=O) groups excluding carboxylic acids is 1. The zero-order chi connectivity index (χ0) is 23.1. The van der Waals surface area contributed by atoms with Gasteiger partial charge in [0, 0.05) is 22.9 Å². The summed E-state index contributed by atoms with van der Waals surface area (Å²) in [5, 5.41) is 0. The molecule has 3 aromatic rings. The Labute approximate surface area is 202 Å². The van der Waals surface area contributed by atoms with Crippen molar-refractivity contribution in [2.75, 3.05) is 0 Å². The Bertz CT molecular complexity index is 1230. The van der Waals surface area contributed by atoms with Gasteiger partial charge in [-0.15, -0.1) is 0 Å². The number of aryl methyl sites for hydroxylation is 1. The molecular formula is C32H31NO. The molecule has 170 valence electrons. The molecule has 3 aliphatic rings. The van der Waals surface area contributed by atoms with E-state index in [1.165, 1.54) is 35.1 Å². The fraction of sp³-hybridized carbons (Fsp3) is 0.312. The van der Waals surface area contributed by atoms with Crippen LogP contribution in [0.2, 0.25) is 0 Å². The molecule has 0 saturated heterocycles. The van der Waals surface area contributed by atoms with E-state index in [4.69, 9.17) is 4.99 Å². The van der Waals surface area contributed by atoms with Crippen LogP contribution in [0.15, 0.2) is 101 Å².